The summed E-state index contributed by atoms with van der Waals surface area (Å²) in [6, 6.07) is 0. The van der Waals surface area contributed by atoms with E-state index in [1.807, 2.05) is 6.92 Å². The zero-order valence-corrected chi connectivity index (χ0v) is 9.46. The van der Waals surface area contributed by atoms with E-state index in [0.29, 0.717) is 25.9 Å². The van der Waals surface area contributed by atoms with Crippen LogP contribution in [0.5, 0.6) is 0 Å². The summed E-state index contributed by atoms with van der Waals surface area (Å²) < 4.78 is 1.60. The molecule has 0 aliphatic rings. The van der Waals surface area contributed by atoms with Gasteiger partial charge in [-0.1, -0.05) is 13.3 Å². The van der Waals surface area contributed by atoms with Crippen molar-refractivity contribution in [3.05, 3.63) is 12.7 Å². The predicted octanol–water partition coefficient (Wildman–Crippen LogP) is -0.0546. The Bertz CT molecular complexity index is 300. The van der Waals surface area contributed by atoms with Gasteiger partial charge in [-0.25, -0.2) is 4.98 Å². The van der Waals surface area contributed by atoms with Crippen molar-refractivity contribution in [1.82, 2.24) is 20.1 Å². The van der Waals surface area contributed by atoms with Crippen LogP contribution in [0, 0.1) is 0 Å². The van der Waals surface area contributed by atoms with Gasteiger partial charge in [-0.2, -0.15) is 5.10 Å². The Hall–Kier alpha value is -1.43. The summed E-state index contributed by atoms with van der Waals surface area (Å²) in [5.41, 5.74) is 0. The Morgan fingerprint density at radius 2 is 2.44 bits per heavy atom. The quantitative estimate of drug-likeness (QED) is 0.683. The molecule has 1 unspecified atom stereocenters. The van der Waals surface area contributed by atoms with Gasteiger partial charge in [0.15, 0.2) is 0 Å². The van der Waals surface area contributed by atoms with E-state index in [4.69, 9.17) is 0 Å². The van der Waals surface area contributed by atoms with Crippen LogP contribution in [0.15, 0.2) is 12.7 Å². The van der Waals surface area contributed by atoms with Crippen LogP contribution in [0.2, 0.25) is 0 Å². The normalized spacial score (nSPS) is 12.4. The van der Waals surface area contributed by atoms with Gasteiger partial charge in [0, 0.05) is 13.0 Å². The number of nitrogens with one attached hydrogen (secondary N) is 1. The van der Waals surface area contributed by atoms with Gasteiger partial charge < -0.3 is 10.4 Å². The van der Waals surface area contributed by atoms with Crippen molar-refractivity contribution in [3.8, 4) is 0 Å². The van der Waals surface area contributed by atoms with Crippen molar-refractivity contribution < 1.29 is 9.90 Å². The van der Waals surface area contributed by atoms with Crippen LogP contribution in [0.1, 0.15) is 26.2 Å². The lowest BCUT2D eigenvalue weighted by Gasteiger charge is -2.10. The summed E-state index contributed by atoms with van der Waals surface area (Å²) in [5, 5.41) is 16.0. The van der Waals surface area contributed by atoms with Gasteiger partial charge in [0.25, 0.3) is 0 Å². The van der Waals surface area contributed by atoms with Gasteiger partial charge in [-0.05, 0) is 6.42 Å². The fraction of sp³-hybridized carbons (Fsp3) is 0.700. The first kappa shape index (κ1) is 12.6. The third kappa shape index (κ3) is 4.88. The van der Waals surface area contributed by atoms with Crippen molar-refractivity contribution in [1.29, 1.82) is 0 Å². The first-order chi connectivity index (χ1) is 7.72. The molecule has 6 nitrogen and oxygen atoms in total. The van der Waals surface area contributed by atoms with E-state index < -0.39 is 6.10 Å². The molecule has 0 saturated carbocycles. The lowest BCUT2D eigenvalue weighted by atomic mass is 10.2. The fourth-order valence-electron chi connectivity index (χ4n) is 1.32. The largest absolute Gasteiger partial charge is 0.391 e. The number of hydrogen-bond donors (Lipinski definition) is 2. The van der Waals surface area contributed by atoms with E-state index in [9.17, 15) is 9.90 Å². The molecule has 1 heterocycles. The summed E-state index contributed by atoms with van der Waals surface area (Å²) in [4.78, 5) is 15.1. The van der Waals surface area contributed by atoms with Gasteiger partial charge >= 0.3 is 0 Å². The standard InChI is InChI=1S/C10H18N4O2/c1-2-3-9(15)6-12-10(16)4-5-14-8-11-7-13-14/h7-9,15H,2-6H2,1H3,(H,12,16). The minimum Gasteiger partial charge on any atom is -0.391 e. The molecule has 2 N–H and O–H groups in total. The zero-order chi connectivity index (χ0) is 11.8. The molecular formula is C10H18N4O2. The number of amides is 1. The van der Waals surface area contributed by atoms with Crippen LogP contribution in [0.25, 0.3) is 0 Å². The minimum atomic E-state index is -0.444. The molecule has 90 valence electrons. The van der Waals surface area contributed by atoms with Crippen LogP contribution >= 0.6 is 0 Å². The van der Waals surface area contributed by atoms with Crippen LogP contribution in [0.3, 0.4) is 0 Å². The number of carbonyl (C=O) groups is 1. The maximum Gasteiger partial charge on any atom is 0.221 e. The predicted molar refractivity (Wildman–Crippen MR) is 58.6 cm³/mol. The van der Waals surface area contributed by atoms with Gasteiger partial charge in [0.2, 0.25) is 5.91 Å². The van der Waals surface area contributed by atoms with Crippen LogP contribution < -0.4 is 5.32 Å². The molecule has 0 bridgehead atoms. The average molecular weight is 226 g/mol. The Labute approximate surface area is 94.7 Å². The summed E-state index contributed by atoms with van der Waals surface area (Å²) in [5.74, 6) is -0.0781. The molecule has 0 spiro atoms. The first-order valence-corrected chi connectivity index (χ1v) is 5.49. The smallest absolute Gasteiger partial charge is 0.221 e. The summed E-state index contributed by atoms with van der Waals surface area (Å²) >= 11 is 0. The van der Waals surface area contributed by atoms with E-state index in [1.165, 1.54) is 6.33 Å². The molecule has 0 fully saturated rings. The lowest BCUT2D eigenvalue weighted by Crippen LogP contribution is -2.32. The number of nitrogens with zero attached hydrogens (tertiary/aromatic N) is 3. The Morgan fingerprint density at radius 3 is 3.06 bits per heavy atom. The summed E-state index contributed by atoms with van der Waals surface area (Å²) in [6.07, 6.45) is 4.53. The van der Waals surface area contributed by atoms with Crippen molar-refractivity contribution in [2.24, 2.45) is 0 Å². The fourth-order valence-corrected chi connectivity index (χ4v) is 1.32. The average Bonchev–Trinajstić information content (AvgIpc) is 2.77. The van der Waals surface area contributed by atoms with Gasteiger partial charge in [-0.3, -0.25) is 9.48 Å². The van der Waals surface area contributed by atoms with E-state index in [1.54, 1.807) is 11.0 Å². The molecule has 1 amide bonds. The van der Waals surface area contributed by atoms with E-state index in [2.05, 4.69) is 15.4 Å². The number of aromatic nitrogens is 3. The number of rotatable bonds is 7. The number of aryl methyl sites for hydroxylation is 1. The Kier molecular flexibility index (Phi) is 5.49. The van der Waals surface area contributed by atoms with Crippen LogP contribution in [-0.2, 0) is 11.3 Å². The van der Waals surface area contributed by atoms with E-state index >= 15 is 0 Å². The summed E-state index contributed by atoms with van der Waals surface area (Å²) in [6.45, 7) is 2.83. The van der Waals surface area contributed by atoms with Crippen molar-refractivity contribution in [2.45, 2.75) is 38.8 Å². The maximum atomic E-state index is 11.4. The molecule has 0 saturated heterocycles. The third-order valence-corrected chi connectivity index (χ3v) is 2.19. The van der Waals surface area contributed by atoms with Crippen LogP contribution in [-0.4, -0.2) is 38.4 Å². The van der Waals surface area contributed by atoms with Crippen molar-refractivity contribution >= 4 is 5.91 Å². The number of aliphatic hydroxyl groups is 1. The number of hydrogen-bond acceptors (Lipinski definition) is 4. The molecule has 0 radical (unpaired) electrons. The Morgan fingerprint density at radius 1 is 1.62 bits per heavy atom. The highest BCUT2D eigenvalue weighted by Crippen LogP contribution is 1.94. The van der Waals surface area contributed by atoms with E-state index in [0.717, 1.165) is 6.42 Å². The van der Waals surface area contributed by atoms with Gasteiger partial charge in [0.05, 0.1) is 12.6 Å². The molecule has 0 aliphatic heterocycles. The van der Waals surface area contributed by atoms with E-state index in [-0.39, 0.29) is 5.91 Å². The second kappa shape index (κ2) is 6.95. The topological polar surface area (TPSA) is 80.0 Å². The SMILES string of the molecule is CCCC(O)CNC(=O)CCn1cncn1. The second-order valence-electron chi connectivity index (χ2n) is 3.66. The molecule has 0 aliphatic carbocycles. The summed E-state index contributed by atoms with van der Waals surface area (Å²) in [7, 11) is 0. The highest BCUT2D eigenvalue weighted by atomic mass is 16.3. The lowest BCUT2D eigenvalue weighted by molar-refractivity contribution is -0.121. The van der Waals surface area contributed by atoms with Crippen LogP contribution in [0.4, 0.5) is 0 Å². The molecule has 1 aromatic heterocycles. The molecule has 16 heavy (non-hydrogen) atoms. The molecule has 1 atom stereocenters. The maximum absolute atomic E-state index is 11.4. The number of aliphatic hydroxyl groups excluding tert-OH is 1. The third-order valence-electron chi connectivity index (χ3n) is 2.19. The molecule has 6 heteroatoms. The van der Waals surface area contributed by atoms with Crippen molar-refractivity contribution in [3.63, 3.8) is 0 Å². The molecular weight excluding hydrogens is 208 g/mol. The number of carbonyl (C=O) groups excluding carboxylic acids is 1. The highest BCUT2D eigenvalue weighted by molar-refractivity contribution is 5.75. The molecule has 1 rings (SSSR count). The monoisotopic (exact) mass is 226 g/mol. The molecule has 0 aromatic carbocycles. The zero-order valence-electron chi connectivity index (χ0n) is 9.46. The van der Waals surface area contributed by atoms with Gasteiger partial charge in [0.1, 0.15) is 12.7 Å². The highest BCUT2D eigenvalue weighted by Gasteiger charge is 2.06. The first-order valence-electron chi connectivity index (χ1n) is 5.49. The Balaban J connectivity index is 2.11. The second-order valence-corrected chi connectivity index (χ2v) is 3.66. The van der Waals surface area contributed by atoms with Crippen molar-refractivity contribution in [2.75, 3.05) is 6.54 Å². The minimum absolute atomic E-state index is 0.0781. The van der Waals surface area contributed by atoms with Gasteiger partial charge in [-0.15, -0.1) is 0 Å². The molecule has 1 aromatic rings.